The van der Waals surface area contributed by atoms with Gasteiger partial charge in [0.2, 0.25) is 0 Å². The minimum atomic E-state index is -0.654. The fourth-order valence-corrected chi connectivity index (χ4v) is 2.26. The van der Waals surface area contributed by atoms with Crippen LogP contribution in [0.4, 0.5) is 4.39 Å². The van der Waals surface area contributed by atoms with Crippen LogP contribution < -0.4 is 10.6 Å². The van der Waals surface area contributed by atoms with E-state index in [9.17, 15) is 9.18 Å². The van der Waals surface area contributed by atoms with E-state index in [1.165, 1.54) is 12.1 Å². The normalized spacial score (nSPS) is 20.2. The molecule has 2 N–H and O–H groups in total. The summed E-state index contributed by atoms with van der Waals surface area (Å²) >= 11 is 5.66. The largest absolute Gasteiger partial charge is 0.348 e. The summed E-state index contributed by atoms with van der Waals surface area (Å²) in [6, 6.07) is 4.51. The summed E-state index contributed by atoms with van der Waals surface area (Å²) < 4.78 is 13.7. The molecule has 1 aliphatic heterocycles. The van der Waals surface area contributed by atoms with E-state index in [4.69, 9.17) is 11.6 Å². The zero-order chi connectivity index (χ0) is 13.0. The van der Waals surface area contributed by atoms with E-state index in [1.54, 1.807) is 6.07 Å². The van der Waals surface area contributed by atoms with Crippen LogP contribution in [0.1, 0.15) is 29.6 Å². The van der Waals surface area contributed by atoms with Gasteiger partial charge < -0.3 is 10.6 Å². The van der Waals surface area contributed by atoms with Crippen molar-refractivity contribution in [1.29, 1.82) is 0 Å². The number of carbonyl (C=O) groups is 1. The molecular formula is C13H16ClFN2O. The number of nitrogens with one attached hydrogen (secondary N) is 2. The first-order valence-electron chi connectivity index (χ1n) is 6.14. The van der Waals surface area contributed by atoms with E-state index in [1.807, 2.05) is 0 Å². The highest BCUT2D eigenvalue weighted by Gasteiger charge is 2.18. The van der Waals surface area contributed by atoms with Crippen LogP contribution in [0, 0.1) is 5.82 Å². The van der Waals surface area contributed by atoms with Gasteiger partial charge in [0.1, 0.15) is 0 Å². The Balaban J connectivity index is 2.04. The molecular weight excluding hydrogens is 255 g/mol. The molecule has 1 atom stereocenters. The molecule has 5 heteroatoms. The number of carbonyl (C=O) groups excluding carboxylic acids is 1. The molecule has 98 valence electrons. The van der Waals surface area contributed by atoms with Crippen LogP contribution in [-0.4, -0.2) is 25.0 Å². The van der Waals surface area contributed by atoms with Gasteiger partial charge in [-0.1, -0.05) is 24.1 Å². The lowest BCUT2D eigenvalue weighted by molar-refractivity contribution is 0.0931. The molecule has 0 spiro atoms. The first kappa shape index (κ1) is 13.3. The van der Waals surface area contributed by atoms with Crippen LogP contribution in [0.15, 0.2) is 18.2 Å². The van der Waals surface area contributed by atoms with Gasteiger partial charge in [-0.15, -0.1) is 0 Å². The van der Waals surface area contributed by atoms with Crippen molar-refractivity contribution in [3.8, 4) is 0 Å². The smallest absolute Gasteiger partial charge is 0.254 e. The molecule has 0 bridgehead atoms. The summed E-state index contributed by atoms with van der Waals surface area (Å²) in [6.07, 6.45) is 3.09. The maximum absolute atomic E-state index is 13.7. The van der Waals surface area contributed by atoms with Crippen LogP contribution in [0.2, 0.25) is 5.02 Å². The van der Waals surface area contributed by atoms with E-state index < -0.39 is 11.7 Å². The molecule has 2 rings (SSSR count). The molecule has 1 fully saturated rings. The highest BCUT2D eigenvalue weighted by Crippen LogP contribution is 2.18. The number of rotatable bonds is 2. The molecule has 1 unspecified atom stereocenters. The van der Waals surface area contributed by atoms with E-state index in [2.05, 4.69) is 10.6 Å². The Morgan fingerprint density at radius 1 is 1.44 bits per heavy atom. The minimum absolute atomic E-state index is 0.00625. The highest BCUT2D eigenvalue weighted by molar-refractivity contribution is 6.31. The second kappa shape index (κ2) is 6.16. The third-order valence-electron chi connectivity index (χ3n) is 3.08. The van der Waals surface area contributed by atoms with Gasteiger partial charge >= 0.3 is 0 Å². The quantitative estimate of drug-likeness (QED) is 0.866. The summed E-state index contributed by atoms with van der Waals surface area (Å²) in [5.41, 5.74) is 0.00625. The second-order valence-corrected chi connectivity index (χ2v) is 4.88. The summed E-state index contributed by atoms with van der Waals surface area (Å²) in [7, 11) is 0. The lowest BCUT2D eigenvalue weighted by Gasteiger charge is -2.16. The van der Waals surface area contributed by atoms with Crippen LogP contribution in [0.25, 0.3) is 0 Å². The van der Waals surface area contributed by atoms with Gasteiger partial charge in [-0.3, -0.25) is 4.79 Å². The Labute approximate surface area is 111 Å². The molecule has 0 radical (unpaired) electrons. The van der Waals surface area contributed by atoms with Crippen LogP contribution in [-0.2, 0) is 0 Å². The average molecular weight is 271 g/mol. The molecule has 1 heterocycles. The first-order chi connectivity index (χ1) is 8.68. The van der Waals surface area contributed by atoms with Gasteiger partial charge in [0.15, 0.2) is 5.82 Å². The van der Waals surface area contributed by atoms with Crippen molar-refractivity contribution in [3.05, 3.63) is 34.6 Å². The maximum Gasteiger partial charge on any atom is 0.254 e. The molecule has 3 nitrogen and oxygen atoms in total. The lowest BCUT2D eigenvalue weighted by Crippen LogP contribution is -2.41. The molecule has 0 aromatic heterocycles. The Morgan fingerprint density at radius 2 is 2.28 bits per heavy atom. The summed E-state index contributed by atoms with van der Waals surface area (Å²) in [6.45, 7) is 1.70. The number of benzene rings is 1. The number of hydrogen-bond acceptors (Lipinski definition) is 2. The van der Waals surface area contributed by atoms with Crippen molar-refractivity contribution in [2.24, 2.45) is 0 Å². The van der Waals surface area contributed by atoms with Gasteiger partial charge in [-0.05, 0) is 31.5 Å². The summed E-state index contributed by atoms with van der Waals surface area (Å²) in [5.74, 6) is -1.05. The number of hydrogen-bond donors (Lipinski definition) is 2. The van der Waals surface area contributed by atoms with Crippen molar-refractivity contribution >= 4 is 17.5 Å². The number of amides is 1. The fraction of sp³-hybridized carbons (Fsp3) is 0.462. The fourth-order valence-electron chi connectivity index (χ4n) is 2.08. The van der Waals surface area contributed by atoms with Crippen molar-refractivity contribution in [2.75, 3.05) is 13.1 Å². The minimum Gasteiger partial charge on any atom is -0.348 e. The third kappa shape index (κ3) is 3.21. The van der Waals surface area contributed by atoms with Gasteiger partial charge in [0, 0.05) is 12.6 Å². The molecule has 1 aliphatic rings. The molecule has 1 amide bonds. The average Bonchev–Trinajstić information content (AvgIpc) is 2.61. The van der Waals surface area contributed by atoms with Gasteiger partial charge in [-0.2, -0.15) is 0 Å². The second-order valence-electron chi connectivity index (χ2n) is 4.47. The van der Waals surface area contributed by atoms with Crippen LogP contribution >= 0.6 is 11.6 Å². The molecule has 0 saturated carbocycles. The van der Waals surface area contributed by atoms with E-state index in [0.29, 0.717) is 0 Å². The summed E-state index contributed by atoms with van der Waals surface area (Å²) in [4.78, 5) is 12.0. The van der Waals surface area contributed by atoms with Gasteiger partial charge in [0.05, 0.1) is 10.6 Å². The Morgan fingerprint density at radius 3 is 3.11 bits per heavy atom. The van der Waals surface area contributed by atoms with Gasteiger partial charge in [0.25, 0.3) is 5.91 Å². The lowest BCUT2D eigenvalue weighted by atomic mass is 10.1. The predicted octanol–water partition coefficient (Wildman–Crippen LogP) is 2.35. The standard InChI is InChI=1S/C13H16ClFN2O/c14-11-6-3-5-10(12(11)15)13(18)17-9-4-1-2-7-16-8-9/h3,5-6,9,16H,1-2,4,7-8H2,(H,17,18). The monoisotopic (exact) mass is 270 g/mol. The Kier molecular flexibility index (Phi) is 4.55. The first-order valence-corrected chi connectivity index (χ1v) is 6.52. The van der Waals surface area contributed by atoms with E-state index in [0.717, 1.165) is 32.4 Å². The number of halogens is 2. The summed E-state index contributed by atoms with van der Waals surface area (Å²) in [5, 5.41) is 6.06. The van der Waals surface area contributed by atoms with Crippen molar-refractivity contribution in [1.82, 2.24) is 10.6 Å². The SMILES string of the molecule is O=C(NC1CCCCNC1)c1cccc(Cl)c1F. The molecule has 1 aromatic rings. The highest BCUT2D eigenvalue weighted by atomic mass is 35.5. The maximum atomic E-state index is 13.7. The molecule has 1 saturated heterocycles. The Hall–Kier alpha value is -1.13. The van der Waals surface area contributed by atoms with Crippen molar-refractivity contribution in [2.45, 2.75) is 25.3 Å². The van der Waals surface area contributed by atoms with Crippen molar-refractivity contribution in [3.63, 3.8) is 0 Å². The zero-order valence-corrected chi connectivity index (χ0v) is 10.8. The van der Waals surface area contributed by atoms with Crippen LogP contribution in [0.5, 0.6) is 0 Å². The molecule has 0 aliphatic carbocycles. The molecule has 1 aromatic carbocycles. The molecule has 18 heavy (non-hydrogen) atoms. The predicted molar refractivity (Wildman–Crippen MR) is 69.4 cm³/mol. The van der Waals surface area contributed by atoms with Crippen LogP contribution in [0.3, 0.4) is 0 Å². The topological polar surface area (TPSA) is 41.1 Å². The third-order valence-corrected chi connectivity index (χ3v) is 3.37. The Bertz CT molecular complexity index is 431. The van der Waals surface area contributed by atoms with Crippen molar-refractivity contribution < 1.29 is 9.18 Å². The zero-order valence-electron chi connectivity index (χ0n) is 10.0. The van der Waals surface area contributed by atoms with E-state index >= 15 is 0 Å². The van der Waals surface area contributed by atoms with Gasteiger partial charge in [-0.25, -0.2) is 4.39 Å². The van der Waals surface area contributed by atoms with E-state index in [-0.39, 0.29) is 16.6 Å².